The Labute approximate surface area is 145 Å². The average Bonchev–Trinajstić information content (AvgIpc) is 2.85. The predicted octanol–water partition coefficient (Wildman–Crippen LogP) is 7.39. The Kier molecular flexibility index (Phi) is 5.01. The van der Waals surface area contributed by atoms with Gasteiger partial charge >= 0.3 is 0 Å². The third-order valence-corrected chi connectivity index (χ3v) is 8.69. The maximum absolute atomic E-state index is 2.68. The van der Waals surface area contributed by atoms with Crippen molar-refractivity contribution in [2.75, 3.05) is 0 Å². The van der Waals surface area contributed by atoms with E-state index in [0.717, 1.165) is 23.7 Å². The molecule has 3 aliphatic carbocycles. The monoisotopic (exact) mass is 316 g/mol. The molecular formula is C23H40. The summed E-state index contributed by atoms with van der Waals surface area (Å²) in [6, 6.07) is 0. The molecule has 0 saturated heterocycles. The Morgan fingerprint density at radius 3 is 2.43 bits per heavy atom. The van der Waals surface area contributed by atoms with E-state index in [1.807, 2.05) is 0 Å². The van der Waals surface area contributed by atoms with E-state index in [0.29, 0.717) is 10.8 Å². The third-order valence-electron chi connectivity index (χ3n) is 8.69. The second-order valence-electron chi connectivity index (χ2n) is 9.50. The van der Waals surface area contributed by atoms with Crippen LogP contribution in [0.1, 0.15) is 98.8 Å². The summed E-state index contributed by atoms with van der Waals surface area (Å²) in [6.45, 7) is 12.4. The summed E-state index contributed by atoms with van der Waals surface area (Å²) >= 11 is 0. The number of rotatable bonds is 4. The van der Waals surface area contributed by atoms with Gasteiger partial charge in [0, 0.05) is 0 Å². The van der Waals surface area contributed by atoms with E-state index in [-0.39, 0.29) is 0 Å². The highest BCUT2D eigenvalue weighted by molar-refractivity contribution is 5.21. The summed E-state index contributed by atoms with van der Waals surface area (Å²) < 4.78 is 0. The fraction of sp³-hybridized carbons (Fsp3) is 0.913. The van der Waals surface area contributed by atoms with Crippen LogP contribution in [0.4, 0.5) is 0 Å². The molecule has 3 fully saturated rings. The summed E-state index contributed by atoms with van der Waals surface area (Å²) in [5.41, 5.74) is 2.99. The van der Waals surface area contributed by atoms with Gasteiger partial charge in [0.25, 0.3) is 0 Å². The number of hydrogen-bond donors (Lipinski definition) is 0. The highest BCUT2D eigenvalue weighted by atomic mass is 14.6. The molecule has 0 aromatic carbocycles. The molecule has 3 saturated carbocycles. The molecule has 0 aromatic heterocycles. The second kappa shape index (κ2) is 6.57. The lowest BCUT2D eigenvalue weighted by Gasteiger charge is -2.57. The zero-order chi connectivity index (χ0) is 16.7. The lowest BCUT2D eigenvalue weighted by atomic mass is 9.47. The van der Waals surface area contributed by atoms with Crippen LogP contribution in [0, 0.1) is 34.5 Å². The first kappa shape index (κ1) is 17.6. The Hall–Kier alpha value is -0.260. The lowest BCUT2D eigenvalue weighted by Crippen LogP contribution is -2.49. The van der Waals surface area contributed by atoms with Gasteiger partial charge in [-0.3, -0.25) is 0 Å². The van der Waals surface area contributed by atoms with E-state index in [1.54, 1.807) is 5.57 Å². The molecule has 0 radical (unpaired) electrons. The van der Waals surface area contributed by atoms with E-state index in [9.17, 15) is 0 Å². The van der Waals surface area contributed by atoms with E-state index in [1.165, 1.54) is 64.2 Å². The van der Waals surface area contributed by atoms with Crippen molar-refractivity contribution in [2.45, 2.75) is 98.8 Å². The molecule has 0 spiro atoms. The molecule has 23 heavy (non-hydrogen) atoms. The molecule has 0 aliphatic heterocycles. The van der Waals surface area contributed by atoms with Crippen molar-refractivity contribution >= 4 is 0 Å². The van der Waals surface area contributed by atoms with Crippen molar-refractivity contribution in [2.24, 2.45) is 34.5 Å². The maximum Gasteiger partial charge on any atom is -0.00856 e. The molecule has 0 heteroatoms. The zero-order valence-electron chi connectivity index (χ0n) is 16.5. The molecule has 0 bridgehead atoms. The second-order valence-corrected chi connectivity index (χ2v) is 9.50. The van der Waals surface area contributed by atoms with Crippen molar-refractivity contribution in [1.82, 2.24) is 0 Å². The first-order valence-corrected chi connectivity index (χ1v) is 10.7. The Balaban J connectivity index is 1.88. The average molecular weight is 317 g/mol. The van der Waals surface area contributed by atoms with Crippen LogP contribution in [-0.4, -0.2) is 0 Å². The van der Waals surface area contributed by atoms with Gasteiger partial charge in [-0.25, -0.2) is 0 Å². The van der Waals surface area contributed by atoms with Crippen molar-refractivity contribution in [3.05, 3.63) is 11.6 Å². The van der Waals surface area contributed by atoms with Crippen LogP contribution < -0.4 is 0 Å². The van der Waals surface area contributed by atoms with Crippen molar-refractivity contribution in [3.8, 4) is 0 Å². The highest BCUT2D eigenvalue weighted by Crippen LogP contribution is 2.66. The first-order chi connectivity index (χ1) is 11.0. The molecular weight excluding hydrogens is 276 g/mol. The van der Waals surface area contributed by atoms with Crippen LogP contribution in [0.5, 0.6) is 0 Å². The maximum atomic E-state index is 2.68. The van der Waals surface area contributed by atoms with Crippen LogP contribution in [0.3, 0.4) is 0 Å². The van der Waals surface area contributed by atoms with Gasteiger partial charge in [0.2, 0.25) is 0 Å². The van der Waals surface area contributed by atoms with Gasteiger partial charge in [0.05, 0.1) is 0 Å². The molecule has 0 nitrogen and oxygen atoms in total. The summed E-state index contributed by atoms with van der Waals surface area (Å²) in [5, 5.41) is 0. The van der Waals surface area contributed by atoms with Crippen molar-refractivity contribution in [3.63, 3.8) is 0 Å². The summed E-state index contributed by atoms with van der Waals surface area (Å²) in [6.07, 6.45) is 17.1. The minimum atomic E-state index is 0.511. The highest BCUT2D eigenvalue weighted by Gasteiger charge is 2.57. The van der Waals surface area contributed by atoms with E-state index < -0.39 is 0 Å². The summed E-state index contributed by atoms with van der Waals surface area (Å²) in [5.74, 6) is 4.06. The van der Waals surface area contributed by atoms with Gasteiger partial charge in [-0.2, -0.15) is 0 Å². The minimum Gasteiger partial charge on any atom is -0.0879 e. The third kappa shape index (κ3) is 2.63. The molecule has 0 aromatic rings. The molecule has 0 heterocycles. The van der Waals surface area contributed by atoms with Crippen molar-refractivity contribution in [1.29, 1.82) is 0 Å². The fourth-order valence-corrected chi connectivity index (χ4v) is 7.60. The summed E-state index contributed by atoms with van der Waals surface area (Å²) in [4.78, 5) is 0. The van der Waals surface area contributed by atoms with E-state index in [2.05, 4.69) is 40.7 Å². The molecule has 3 aliphatic rings. The Morgan fingerprint density at radius 2 is 1.78 bits per heavy atom. The van der Waals surface area contributed by atoms with Crippen LogP contribution in [0.25, 0.3) is 0 Å². The largest absolute Gasteiger partial charge is 0.0879 e. The van der Waals surface area contributed by atoms with E-state index in [4.69, 9.17) is 0 Å². The number of hydrogen-bond acceptors (Lipinski definition) is 0. The molecule has 6 atom stereocenters. The quantitative estimate of drug-likeness (QED) is 0.474. The molecule has 0 N–H and O–H groups in total. The standard InChI is InChI=1S/C23H40/c1-6-9-18-11-13-20-19-12-10-17(8-3)22(4,15-7-2)21(19)14-16-23(18,20)5/h8,18-21H,6-7,9-16H2,1-5H3/b17-8-. The lowest BCUT2D eigenvalue weighted by molar-refractivity contribution is -0.0502. The van der Waals surface area contributed by atoms with Gasteiger partial charge < -0.3 is 0 Å². The minimum absolute atomic E-state index is 0.511. The smallest absolute Gasteiger partial charge is 0.00856 e. The fourth-order valence-electron chi connectivity index (χ4n) is 7.60. The summed E-state index contributed by atoms with van der Waals surface area (Å²) in [7, 11) is 0. The normalized spacial score (nSPS) is 48.3. The Morgan fingerprint density at radius 1 is 1.00 bits per heavy atom. The first-order valence-electron chi connectivity index (χ1n) is 10.7. The molecule has 132 valence electrons. The van der Waals surface area contributed by atoms with Gasteiger partial charge in [-0.1, -0.05) is 58.6 Å². The number of allylic oxidation sites excluding steroid dienone is 2. The van der Waals surface area contributed by atoms with Crippen LogP contribution >= 0.6 is 0 Å². The molecule has 0 amide bonds. The van der Waals surface area contributed by atoms with E-state index >= 15 is 0 Å². The van der Waals surface area contributed by atoms with Crippen molar-refractivity contribution < 1.29 is 0 Å². The number of fused-ring (bicyclic) bond motifs is 3. The predicted molar refractivity (Wildman–Crippen MR) is 101 cm³/mol. The Bertz CT molecular complexity index is 447. The molecule has 6 unspecified atom stereocenters. The molecule has 3 rings (SSSR count). The van der Waals surface area contributed by atoms with Gasteiger partial charge in [-0.05, 0) is 86.4 Å². The van der Waals surface area contributed by atoms with Crippen LogP contribution in [-0.2, 0) is 0 Å². The SMILES string of the molecule is C/C=C1/CCC2C(CCC3(C)C(CCC)CCC23)C1(C)CCC. The van der Waals surface area contributed by atoms with Gasteiger partial charge in [0.1, 0.15) is 0 Å². The van der Waals surface area contributed by atoms with Crippen LogP contribution in [0.15, 0.2) is 11.6 Å². The van der Waals surface area contributed by atoms with Gasteiger partial charge in [0.15, 0.2) is 0 Å². The van der Waals surface area contributed by atoms with Crippen LogP contribution in [0.2, 0.25) is 0 Å². The topological polar surface area (TPSA) is 0 Å². The van der Waals surface area contributed by atoms with Gasteiger partial charge in [-0.15, -0.1) is 0 Å². The zero-order valence-corrected chi connectivity index (χ0v) is 16.5.